The predicted octanol–water partition coefficient (Wildman–Crippen LogP) is 4.83. The van der Waals surface area contributed by atoms with Gasteiger partial charge in [-0.15, -0.1) is 0 Å². The molecule has 0 aliphatic rings. The second kappa shape index (κ2) is 6.92. The van der Waals surface area contributed by atoms with Crippen LogP contribution in [0.2, 0.25) is 0 Å². The van der Waals surface area contributed by atoms with Crippen molar-refractivity contribution >= 4 is 16.9 Å². The van der Waals surface area contributed by atoms with E-state index >= 15 is 0 Å². The molecule has 3 rings (SSSR count). The van der Waals surface area contributed by atoms with Gasteiger partial charge < -0.3 is 4.74 Å². The van der Waals surface area contributed by atoms with Crippen molar-refractivity contribution in [3.63, 3.8) is 0 Å². The van der Waals surface area contributed by atoms with E-state index in [0.29, 0.717) is 16.5 Å². The highest BCUT2D eigenvalue weighted by Gasteiger charge is 2.44. The summed E-state index contributed by atoms with van der Waals surface area (Å²) in [5, 5.41) is 4.92. The predicted molar refractivity (Wildman–Crippen MR) is 95.3 cm³/mol. The van der Waals surface area contributed by atoms with Crippen molar-refractivity contribution in [2.45, 2.75) is 32.0 Å². The van der Waals surface area contributed by atoms with Gasteiger partial charge in [-0.3, -0.25) is 0 Å². The van der Waals surface area contributed by atoms with Crippen LogP contribution in [0.25, 0.3) is 10.9 Å². The molecule has 28 heavy (non-hydrogen) atoms. The Bertz CT molecular complexity index is 1030. The lowest BCUT2D eigenvalue weighted by atomic mass is 9.86. The molecule has 0 aliphatic heterocycles. The number of nitrogens with zero attached hydrogens (tertiary/aromatic N) is 2. The summed E-state index contributed by atoms with van der Waals surface area (Å²) in [6.07, 6.45) is -2.86. The Kier molecular flexibility index (Phi) is 4.91. The maximum atomic E-state index is 14.0. The molecule has 0 saturated carbocycles. The molecule has 1 atom stereocenters. The number of methoxy groups -OCH3 is 1. The lowest BCUT2D eigenvalue weighted by molar-refractivity contribution is -0.149. The number of benzene rings is 2. The van der Waals surface area contributed by atoms with E-state index < -0.39 is 29.1 Å². The molecule has 2 aromatic carbocycles. The standard InChI is InChI=1S/C20H18F4N2O2/c1-4-19(18(27)28-3,13-5-7-14(8-6-13)20(22,23)24)26-17-10-15(21)9-12(2)16(17)11-25-26/h5-11H,4H2,1-3H3. The lowest BCUT2D eigenvalue weighted by Gasteiger charge is -2.32. The molecule has 0 bridgehead atoms. The zero-order chi connectivity index (χ0) is 20.7. The molecule has 8 heteroatoms. The first-order chi connectivity index (χ1) is 13.1. The number of halogens is 4. The van der Waals surface area contributed by atoms with Gasteiger partial charge in [0.05, 0.1) is 24.4 Å². The molecule has 0 N–H and O–H groups in total. The normalized spacial score (nSPS) is 14.1. The van der Waals surface area contributed by atoms with Crippen molar-refractivity contribution < 1.29 is 27.1 Å². The highest BCUT2D eigenvalue weighted by atomic mass is 19.4. The van der Waals surface area contributed by atoms with E-state index in [1.54, 1.807) is 13.8 Å². The van der Waals surface area contributed by atoms with Crippen LogP contribution in [0.1, 0.15) is 30.0 Å². The molecule has 4 nitrogen and oxygen atoms in total. The molecule has 1 heterocycles. The van der Waals surface area contributed by atoms with Crippen LogP contribution in [0.5, 0.6) is 0 Å². The highest BCUT2D eigenvalue weighted by molar-refractivity contribution is 5.88. The number of rotatable bonds is 4. The third-order valence-electron chi connectivity index (χ3n) is 4.95. The van der Waals surface area contributed by atoms with Gasteiger partial charge in [0.15, 0.2) is 5.54 Å². The summed E-state index contributed by atoms with van der Waals surface area (Å²) in [4.78, 5) is 12.9. The van der Waals surface area contributed by atoms with E-state index in [4.69, 9.17) is 4.74 Å². The van der Waals surface area contributed by atoms with Gasteiger partial charge in [0.25, 0.3) is 0 Å². The summed E-state index contributed by atoms with van der Waals surface area (Å²) in [6, 6.07) is 6.84. The van der Waals surface area contributed by atoms with Gasteiger partial charge >= 0.3 is 12.1 Å². The topological polar surface area (TPSA) is 44.1 Å². The monoisotopic (exact) mass is 394 g/mol. The van der Waals surface area contributed by atoms with E-state index in [9.17, 15) is 22.4 Å². The second-order valence-electron chi connectivity index (χ2n) is 6.49. The van der Waals surface area contributed by atoms with Crippen LogP contribution >= 0.6 is 0 Å². The maximum absolute atomic E-state index is 14.0. The van der Waals surface area contributed by atoms with Crippen LogP contribution in [-0.2, 0) is 21.2 Å². The first-order valence-corrected chi connectivity index (χ1v) is 8.55. The fraction of sp³-hybridized carbons (Fsp3) is 0.300. The Morgan fingerprint density at radius 2 is 1.75 bits per heavy atom. The number of carbonyl (C=O) groups is 1. The van der Waals surface area contributed by atoms with Gasteiger partial charge in [0.2, 0.25) is 0 Å². The molecule has 0 amide bonds. The Hall–Kier alpha value is -2.90. The molecular formula is C20H18F4N2O2. The third kappa shape index (κ3) is 3.02. The van der Waals surface area contributed by atoms with Gasteiger partial charge in [0.1, 0.15) is 5.82 Å². The first kappa shape index (κ1) is 19.9. The molecule has 0 spiro atoms. The third-order valence-corrected chi connectivity index (χ3v) is 4.95. The molecule has 1 aromatic heterocycles. The largest absolute Gasteiger partial charge is 0.467 e. The number of carbonyl (C=O) groups excluding carboxylic acids is 1. The van der Waals surface area contributed by atoms with Gasteiger partial charge in [-0.05, 0) is 48.7 Å². The Morgan fingerprint density at radius 3 is 2.29 bits per heavy atom. The molecular weight excluding hydrogens is 376 g/mol. The highest BCUT2D eigenvalue weighted by Crippen LogP contribution is 2.37. The van der Waals surface area contributed by atoms with E-state index in [1.165, 1.54) is 42.3 Å². The summed E-state index contributed by atoms with van der Waals surface area (Å²) in [6.45, 7) is 3.40. The quantitative estimate of drug-likeness (QED) is 0.470. The number of aryl methyl sites for hydroxylation is 1. The van der Waals surface area contributed by atoms with Crippen molar-refractivity contribution in [2.24, 2.45) is 0 Å². The van der Waals surface area contributed by atoms with E-state index in [-0.39, 0.29) is 12.0 Å². The summed E-state index contributed by atoms with van der Waals surface area (Å²) in [5.74, 6) is -1.21. The Labute approximate surface area is 158 Å². The number of aromatic nitrogens is 2. The first-order valence-electron chi connectivity index (χ1n) is 8.55. The second-order valence-corrected chi connectivity index (χ2v) is 6.49. The van der Waals surface area contributed by atoms with Crippen molar-refractivity contribution in [2.75, 3.05) is 7.11 Å². The van der Waals surface area contributed by atoms with Crippen LogP contribution < -0.4 is 0 Å². The minimum Gasteiger partial charge on any atom is -0.467 e. The number of ether oxygens (including phenoxy) is 1. The van der Waals surface area contributed by atoms with Crippen molar-refractivity contribution in [3.8, 4) is 0 Å². The van der Waals surface area contributed by atoms with Crippen molar-refractivity contribution in [3.05, 3.63) is 65.1 Å². The molecule has 148 valence electrons. The van der Waals surface area contributed by atoms with Crippen LogP contribution in [0.3, 0.4) is 0 Å². The van der Waals surface area contributed by atoms with Crippen LogP contribution in [-0.4, -0.2) is 22.9 Å². The smallest absolute Gasteiger partial charge is 0.416 e. The van der Waals surface area contributed by atoms with Gasteiger partial charge in [-0.25, -0.2) is 13.9 Å². The summed E-state index contributed by atoms with van der Waals surface area (Å²) < 4.78 is 59.2. The molecule has 1 unspecified atom stereocenters. The van der Waals surface area contributed by atoms with Crippen LogP contribution in [0.4, 0.5) is 17.6 Å². The van der Waals surface area contributed by atoms with Gasteiger partial charge in [-0.2, -0.15) is 18.3 Å². The summed E-state index contributed by atoms with van der Waals surface area (Å²) >= 11 is 0. The number of fused-ring (bicyclic) bond motifs is 1. The van der Waals surface area contributed by atoms with E-state index in [0.717, 1.165) is 12.1 Å². The molecule has 0 aliphatic carbocycles. The van der Waals surface area contributed by atoms with E-state index in [2.05, 4.69) is 5.10 Å². The Balaban J connectivity index is 2.30. The zero-order valence-electron chi connectivity index (χ0n) is 15.5. The van der Waals surface area contributed by atoms with Crippen molar-refractivity contribution in [1.82, 2.24) is 9.78 Å². The molecule has 0 radical (unpaired) electrons. The number of alkyl halides is 3. The average molecular weight is 394 g/mol. The minimum atomic E-state index is -4.50. The summed E-state index contributed by atoms with van der Waals surface area (Å²) in [5.41, 5.74) is -1.13. The fourth-order valence-electron chi connectivity index (χ4n) is 3.49. The lowest BCUT2D eigenvalue weighted by Crippen LogP contribution is -2.44. The molecule has 3 aromatic rings. The molecule has 0 fully saturated rings. The van der Waals surface area contributed by atoms with Gasteiger partial charge in [0, 0.05) is 5.39 Å². The molecule has 0 saturated heterocycles. The summed E-state index contributed by atoms with van der Waals surface area (Å²) in [7, 11) is 1.19. The minimum absolute atomic E-state index is 0.136. The fourth-order valence-corrected chi connectivity index (χ4v) is 3.49. The number of hydrogen-bond donors (Lipinski definition) is 0. The Morgan fingerprint density at radius 1 is 1.14 bits per heavy atom. The van der Waals surface area contributed by atoms with Crippen molar-refractivity contribution in [1.29, 1.82) is 0 Å². The average Bonchev–Trinajstić information content (AvgIpc) is 3.07. The zero-order valence-corrected chi connectivity index (χ0v) is 15.5. The number of esters is 1. The van der Waals surface area contributed by atoms with Gasteiger partial charge in [-0.1, -0.05) is 19.1 Å². The maximum Gasteiger partial charge on any atom is 0.416 e. The number of hydrogen-bond acceptors (Lipinski definition) is 3. The van der Waals surface area contributed by atoms with E-state index in [1.807, 2.05) is 0 Å². The SMILES string of the molecule is CCC(C(=O)OC)(c1ccc(C(F)(F)F)cc1)n1ncc2c(C)cc(F)cc21. The van der Waals surface area contributed by atoms with Crippen LogP contribution in [0.15, 0.2) is 42.6 Å². The van der Waals surface area contributed by atoms with Crippen LogP contribution in [0, 0.1) is 12.7 Å².